The number of nitrogens with two attached hydrogens (primary N) is 1. The number of hydrogen-bond acceptors (Lipinski definition) is 3. The minimum Gasteiger partial charge on any atom is -0.368 e. The lowest BCUT2D eigenvalue weighted by atomic mass is 9.84. The standard InChI is InChI=1S/C17H33N3O/c1-12(2)19-17(4,16(18)21)11-13(3)20-10-9-14-7-5-6-8-15(14)20/h12-15,19H,5-11H2,1-4H3,(H2,18,21). The highest BCUT2D eigenvalue weighted by atomic mass is 16.1. The molecule has 0 aromatic heterocycles. The molecule has 4 unspecified atom stereocenters. The summed E-state index contributed by atoms with van der Waals surface area (Å²) in [4.78, 5) is 14.6. The Labute approximate surface area is 129 Å². The van der Waals surface area contributed by atoms with E-state index in [2.05, 4.69) is 31.0 Å². The van der Waals surface area contributed by atoms with Gasteiger partial charge in [0.2, 0.25) is 5.91 Å². The highest BCUT2D eigenvalue weighted by Gasteiger charge is 2.41. The van der Waals surface area contributed by atoms with Gasteiger partial charge in [-0.25, -0.2) is 0 Å². The molecule has 1 saturated carbocycles. The Hall–Kier alpha value is -0.610. The van der Waals surface area contributed by atoms with Crippen LogP contribution in [0.1, 0.15) is 66.2 Å². The minimum atomic E-state index is -0.611. The van der Waals surface area contributed by atoms with Gasteiger partial charge < -0.3 is 11.1 Å². The summed E-state index contributed by atoms with van der Waals surface area (Å²) in [5.41, 5.74) is 5.07. The summed E-state index contributed by atoms with van der Waals surface area (Å²) in [6.07, 6.45) is 7.62. The van der Waals surface area contributed by atoms with E-state index in [4.69, 9.17) is 5.73 Å². The van der Waals surface area contributed by atoms with E-state index in [0.29, 0.717) is 6.04 Å². The first-order chi connectivity index (χ1) is 9.83. The number of amides is 1. The van der Waals surface area contributed by atoms with E-state index < -0.39 is 5.54 Å². The number of nitrogens with zero attached hydrogens (tertiary/aromatic N) is 1. The number of fused-ring (bicyclic) bond motifs is 1. The Bertz CT molecular complexity index is 371. The monoisotopic (exact) mass is 295 g/mol. The van der Waals surface area contributed by atoms with Crippen LogP contribution < -0.4 is 11.1 Å². The molecule has 4 atom stereocenters. The molecule has 4 heteroatoms. The third kappa shape index (κ3) is 3.78. The quantitative estimate of drug-likeness (QED) is 0.790. The Morgan fingerprint density at radius 3 is 2.57 bits per heavy atom. The van der Waals surface area contributed by atoms with Gasteiger partial charge in [-0.3, -0.25) is 9.69 Å². The summed E-state index contributed by atoms with van der Waals surface area (Å²) in [5.74, 6) is 0.654. The van der Waals surface area contributed by atoms with Crippen LogP contribution in [0.3, 0.4) is 0 Å². The van der Waals surface area contributed by atoms with Crippen LogP contribution in [-0.2, 0) is 4.79 Å². The number of nitrogens with one attached hydrogen (secondary N) is 1. The van der Waals surface area contributed by atoms with Gasteiger partial charge in [-0.1, -0.05) is 12.8 Å². The second-order valence-corrected chi connectivity index (χ2v) is 7.69. The number of carbonyl (C=O) groups is 1. The molecule has 0 aromatic rings. The molecule has 1 saturated heterocycles. The number of carbonyl (C=O) groups excluding carboxylic acids is 1. The highest BCUT2D eigenvalue weighted by molar-refractivity contribution is 5.84. The summed E-state index contributed by atoms with van der Waals surface area (Å²) in [7, 11) is 0. The van der Waals surface area contributed by atoms with Crippen molar-refractivity contribution in [1.29, 1.82) is 0 Å². The molecule has 122 valence electrons. The second kappa shape index (κ2) is 6.66. The Kier molecular flexibility index (Phi) is 5.31. The molecule has 1 aliphatic carbocycles. The number of likely N-dealkylation sites (tertiary alicyclic amines) is 1. The van der Waals surface area contributed by atoms with Crippen molar-refractivity contribution in [3.63, 3.8) is 0 Å². The number of hydrogen-bond donors (Lipinski definition) is 2. The average Bonchev–Trinajstić information content (AvgIpc) is 2.81. The van der Waals surface area contributed by atoms with Gasteiger partial charge in [0.25, 0.3) is 0 Å². The van der Waals surface area contributed by atoms with Crippen LogP contribution in [0.4, 0.5) is 0 Å². The molecule has 2 aliphatic rings. The summed E-state index contributed by atoms with van der Waals surface area (Å²) >= 11 is 0. The third-order valence-electron chi connectivity index (χ3n) is 5.47. The van der Waals surface area contributed by atoms with Gasteiger partial charge in [0.15, 0.2) is 0 Å². The van der Waals surface area contributed by atoms with E-state index in [1.165, 1.54) is 38.6 Å². The lowest BCUT2D eigenvalue weighted by Crippen LogP contribution is -2.58. The van der Waals surface area contributed by atoms with Crippen molar-refractivity contribution in [3.05, 3.63) is 0 Å². The van der Waals surface area contributed by atoms with Crippen LogP contribution in [-0.4, -0.2) is 41.0 Å². The van der Waals surface area contributed by atoms with Gasteiger partial charge in [-0.2, -0.15) is 0 Å². The van der Waals surface area contributed by atoms with Crippen molar-refractivity contribution in [1.82, 2.24) is 10.2 Å². The molecule has 1 heterocycles. The minimum absolute atomic E-state index is 0.234. The first kappa shape index (κ1) is 16.8. The van der Waals surface area contributed by atoms with Crippen LogP contribution in [0.2, 0.25) is 0 Å². The second-order valence-electron chi connectivity index (χ2n) is 7.69. The van der Waals surface area contributed by atoms with Crippen molar-refractivity contribution in [2.75, 3.05) is 6.54 Å². The zero-order valence-corrected chi connectivity index (χ0v) is 14.2. The normalized spacial score (nSPS) is 30.9. The third-order valence-corrected chi connectivity index (χ3v) is 5.47. The van der Waals surface area contributed by atoms with Crippen molar-refractivity contribution in [3.8, 4) is 0 Å². The van der Waals surface area contributed by atoms with E-state index in [0.717, 1.165) is 18.4 Å². The first-order valence-corrected chi connectivity index (χ1v) is 8.67. The lowest BCUT2D eigenvalue weighted by Gasteiger charge is -2.40. The van der Waals surface area contributed by atoms with Crippen LogP contribution in [0, 0.1) is 5.92 Å². The topological polar surface area (TPSA) is 58.4 Å². The van der Waals surface area contributed by atoms with Crippen molar-refractivity contribution in [2.45, 2.75) is 89.9 Å². The van der Waals surface area contributed by atoms with E-state index in [-0.39, 0.29) is 11.9 Å². The molecule has 0 aromatic carbocycles. The summed E-state index contributed by atoms with van der Waals surface area (Å²) in [6.45, 7) is 9.55. The molecular formula is C17H33N3O. The van der Waals surface area contributed by atoms with Crippen LogP contribution in [0.25, 0.3) is 0 Å². The van der Waals surface area contributed by atoms with E-state index >= 15 is 0 Å². The first-order valence-electron chi connectivity index (χ1n) is 8.67. The van der Waals surface area contributed by atoms with Gasteiger partial charge in [-0.15, -0.1) is 0 Å². The zero-order chi connectivity index (χ0) is 15.6. The molecule has 1 aliphatic heterocycles. The van der Waals surface area contributed by atoms with Crippen molar-refractivity contribution in [2.24, 2.45) is 11.7 Å². The number of primary amides is 1. The lowest BCUT2D eigenvalue weighted by molar-refractivity contribution is -0.125. The number of rotatable bonds is 6. The summed E-state index contributed by atoms with van der Waals surface area (Å²) in [6, 6.07) is 1.41. The summed E-state index contributed by atoms with van der Waals surface area (Å²) < 4.78 is 0. The molecule has 2 fully saturated rings. The largest absolute Gasteiger partial charge is 0.368 e. The van der Waals surface area contributed by atoms with Crippen LogP contribution in [0.5, 0.6) is 0 Å². The Morgan fingerprint density at radius 1 is 1.29 bits per heavy atom. The smallest absolute Gasteiger partial charge is 0.237 e. The Balaban J connectivity index is 2.01. The fraction of sp³-hybridized carbons (Fsp3) is 0.941. The SMILES string of the molecule is CC(C)NC(C)(CC(C)N1CCC2CCCCC21)C(N)=O. The van der Waals surface area contributed by atoms with Gasteiger partial charge in [0.1, 0.15) is 0 Å². The fourth-order valence-electron chi connectivity index (χ4n) is 4.57. The van der Waals surface area contributed by atoms with E-state index in [1.807, 2.05) is 6.92 Å². The molecular weight excluding hydrogens is 262 g/mol. The maximum atomic E-state index is 11.9. The predicted octanol–water partition coefficient (Wildman–Crippen LogP) is 2.27. The van der Waals surface area contributed by atoms with E-state index in [9.17, 15) is 4.79 Å². The zero-order valence-electron chi connectivity index (χ0n) is 14.2. The maximum Gasteiger partial charge on any atom is 0.237 e. The molecule has 0 spiro atoms. The highest BCUT2D eigenvalue weighted by Crippen LogP contribution is 2.38. The maximum absolute atomic E-state index is 11.9. The predicted molar refractivity (Wildman–Crippen MR) is 87.0 cm³/mol. The molecule has 0 radical (unpaired) electrons. The van der Waals surface area contributed by atoms with Gasteiger partial charge in [-0.05, 0) is 65.8 Å². The van der Waals surface area contributed by atoms with Gasteiger partial charge >= 0.3 is 0 Å². The molecule has 2 rings (SSSR count). The van der Waals surface area contributed by atoms with Crippen molar-refractivity contribution >= 4 is 5.91 Å². The molecule has 3 N–H and O–H groups in total. The molecule has 0 bridgehead atoms. The van der Waals surface area contributed by atoms with Gasteiger partial charge in [0, 0.05) is 18.1 Å². The fourth-order valence-corrected chi connectivity index (χ4v) is 4.57. The average molecular weight is 295 g/mol. The van der Waals surface area contributed by atoms with Crippen LogP contribution in [0.15, 0.2) is 0 Å². The van der Waals surface area contributed by atoms with Crippen molar-refractivity contribution < 1.29 is 4.79 Å². The van der Waals surface area contributed by atoms with Crippen LogP contribution >= 0.6 is 0 Å². The molecule has 21 heavy (non-hydrogen) atoms. The summed E-state index contributed by atoms with van der Waals surface area (Å²) in [5, 5.41) is 3.38. The van der Waals surface area contributed by atoms with E-state index in [1.54, 1.807) is 0 Å². The van der Waals surface area contributed by atoms with Gasteiger partial charge in [0.05, 0.1) is 5.54 Å². The molecule has 1 amide bonds. The molecule has 4 nitrogen and oxygen atoms in total. The Morgan fingerprint density at radius 2 is 1.95 bits per heavy atom.